The second-order valence-electron chi connectivity index (χ2n) is 5.02. The molecule has 3 N–H and O–H groups in total. The topological polar surface area (TPSA) is 70.6 Å². The summed E-state index contributed by atoms with van der Waals surface area (Å²) in [5.74, 6) is -0.128. The van der Waals surface area contributed by atoms with Gasteiger partial charge in [-0.25, -0.2) is 9.18 Å². The van der Waals surface area contributed by atoms with Crippen LogP contribution in [0.25, 0.3) is 0 Å². The Hall–Kier alpha value is -2.60. The van der Waals surface area contributed by atoms with Crippen LogP contribution in [-0.4, -0.2) is 30.9 Å². The van der Waals surface area contributed by atoms with Crippen LogP contribution >= 0.6 is 0 Å². The van der Waals surface area contributed by atoms with Crippen molar-refractivity contribution >= 4 is 11.7 Å². The number of anilines is 1. The zero-order valence-corrected chi connectivity index (χ0v) is 12.8. The highest BCUT2D eigenvalue weighted by molar-refractivity contribution is 5.90. The van der Waals surface area contributed by atoms with Gasteiger partial charge in [-0.3, -0.25) is 0 Å². The molecule has 0 saturated heterocycles. The Balaban J connectivity index is 1.84. The van der Waals surface area contributed by atoms with Gasteiger partial charge in [-0.2, -0.15) is 0 Å². The van der Waals surface area contributed by atoms with Crippen molar-refractivity contribution in [1.82, 2.24) is 5.32 Å². The first kappa shape index (κ1) is 16.8. The molecule has 0 aliphatic carbocycles. The number of ether oxygens (including phenoxy) is 1. The minimum atomic E-state index is -0.711. The molecule has 0 aliphatic rings. The SMILES string of the molecule is COc1ccc(F)cc1NC(=O)NCC(O)Cc1ccccc1. The van der Waals surface area contributed by atoms with Gasteiger partial charge in [0.05, 0.1) is 18.9 Å². The first-order valence-electron chi connectivity index (χ1n) is 7.19. The molecule has 0 saturated carbocycles. The summed E-state index contributed by atoms with van der Waals surface area (Å²) in [6.07, 6.45) is -0.276. The summed E-state index contributed by atoms with van der Waals surface area (Å²) in [5.41, 5.74) is 1.21. The summed E-state index contributed by atoms with van der Waals surface area (Å²) in [7, 11) is 1.43. The number of urea groups is 1. The smallest absolute Gasteiger partial charge is 0.319 e. The van der Waals surface area contributed by atoms with E-state index in [0.29, 0.717) is 12.2 Å². The van der Waals surface area contributed by atoms with E-state index < -0.39 is 18.0 Å². The van der Waals surface area contributed by atoms with E-state index in [0.717, 1.165) is 5.56 Å². The maximum Gasteiger partial charge on any atom is 0.319 e. The largest absolute Gasteiger partial charge is 0.495 e. The fraction of sp³-hybridized carbons (Fsp3) is 0.235. The Morgan fingerprint density at radius 2 is 2.00 bits per heavy atom. The Bertz CT molecular complexity index is 650. The number of carbonyl (C=O) groups excluding carboxylic acids is 1. The Kier molecular flexibility index (Phi) is 5.94. The zero-order valence-electron chi connectivity index (χ0n) is 12.8. The molecule has 0 bridgehead atoms. The number of nitrogens with one attached hydrogen (secondary N) is 2. The molecule has 23 heavy (non-hydrogen) atoms. The van der Waals surface area contributed by atoms with Gasteiger partial charge >= 0.3 is 6.03 Å². The lowest BCUT2D eigenvalue weighted by Crippen LogP contribution is -2.36. The molecule has 0 heterocycles. The number of hydrogen-bond acceptors (Lipinski definition) is 3. The summed E-state index contributed by atoms with van der Waals surface area (Å²) >= 11 is 0. The lowest BCUT2D eigenvalue weighted by atomic mass is 10.1. The molecule has 0 spiro atoms. The molecule has 5 nitrogen and oxygen atoms in total. The summed E-state index contributed by atoms with van der Waals surface area (Å²) in [5, 5.41) is 15.0. The van der Waals surface area contributed by atoms with Crippen molar-refractivity contribution in [3.63, 3.8) is 0 Å². The number of methoxy groups -OCH3 is 1. The molecule has 0 aliphatic heterocycles. The quantitative estimate of drug-likeness (QED) is 0.766. The van der Waals surface area contributed by atoms with Gasteiger partial charge in [0.25, 0.3) is 0 Å². The first-order chi connectivity index (χ1) is 11.1. The predicted octanol–water partition coefficient (Wildman–Crippen LogP) is 2.56. The van der Waals surface area contributed by atoms with Crippen LogP contribution in [0.4, 0.5) is 14.9 Å². The summed E-state index contributed by atoms with van der Waals surface area (Å²) < 4.78 is 18.3. The molecule has 2 aromatic rings. The summed E-state index contributed by atoms with van der Waals surface area (Å²) in [4.78, 5) is 11.8. The van der Waals surface area contributed by atoms with E-state index >= 15 is 0 Å². The number of carbonyl (C=O) groups is 1. The fourth-order valence-electron chi connectivity index (χ4n) is 2.11. The molecule has 0 radical (unpaired) electrons. The van der Waals surface area contributed by atoms with Crippen LogP contribution in [0.15, 0.2) is 48.5 Å². The average molecular weight is 318 g/mol. The Morgan fingerprint density at radius 1 is 1.26 bits per heavy atom. The van der Waals surface area contributed by atoms with Crippen LogP contribution in [0, 0.1) is 5.82 Å². The minimum Gasteiger partial charge on any atom is -0.495 e. The lowest BCUT2D eigenvalue weighted by molar-refractivity contribution is 0.172. The third-order valence-electron chi connectivity index (χ3n) is 3.22. The van der Waals surface area contributed by atoms with Crippen molar-refractivity contribution in [3.05, 3.63) is 59.9 Å². The first-order valence-corrected chi connectivity index (χ1v) is 7.19. The molecular weight excluding hydrogens is 299 g/mol. The van der Waals surface area contributed by atoms with Crippen LogP contribution in [-0.2, 0) is 6.42 Å². The molecule has 122 valence electrons. The van der Waals surface area contributed by atoms with Gasteiger partial charge in [-0.05, 0) is 17.7 Å². The maximum absolute atomic E-state index is 13.2. The van der Waals surface area contributed by atoms with E-state index in [-0.39, 0.29) is 12.2 Å². The summed E-state index contributed by atoms with van der Waals surface area (Å²) in [6, 6.07) is 12.8. The molecular formula is C17H19FN2O3. The average Bonchev–Trinajstić information content (AvgIpc) is 2.54. The predicted molar refractivity (Wildman–Crippen MR) is 86.1 cm³/mol. The van der Waals surface area contributed by atoms with Gasteiger partial charge in [-0.1, -0.05) is 30.3 Å². The molecule has 1 unspecified atom stereocenters. The zero-order chi connectivity index (χ0) is 16.7. The number of halogens is 1. The van der Waals surface area contributed by atoms with Crippen LogP contribution in [0.5, 0.6) is 5.75 Å². The third kappa shape index (κ3) is 5.27. The monoisotopic (exact) mass is 318 g/mol. The fourth-order valence-corrected chi connectivity index (χ4v) is 2.11. The van der Waals surface area contributed by atoms with E-state index in [1.165, 1.54) is 25.3 Å². The van der Waals surface area contributed by atoms with Crippen LogP contribution in [0.1, 0.15) is 5.56 Å². The molecule has 0 aromatic heterocycles. The molecule has 2 amide bonds. The van der Waals surface area contributed by atoms with Crippen molar-refractivity contribution < 1.29 is 19.0 Å². The van der Waals surface area contributed by atoms with Crippen molar-refractivity contribution in [1.29, 1.82) is 0 Å². The van der Waals surface area contributed by atoms with Crippen molar-refractivity contribution in [3.8, 4) is 5.75 Å². The number of aliphatic hydroxyl groups is 1. The number of hydrogen-bond donors (Lipinski definition) is 3. The van der Waals surface area contributed by atoms with Gasteiger partial charge in [0.15, 0.2) is 0 Å². The molecule has 2 rings (SSSR count). The molecule has 0 fully saturated rings. The van der Waals surface area contributed by atoms with E-state index in [1.807, 2.05) is 30.3 Å². The molecule has 6 heteroatoms. The molecule has 2 aromatic carbocycles. The Labute approximate surface area is 134 Å². The second kappa shape index (κ2) is 8.14. The van der Waals surface area contributed by atoms with Gasteiger partial charge < -0.3 is 20.5 Å². The maximum atomic E-state index is 13.2. The Morgan fingerprint density at radius 3 is 2.70 bits per heavy atom. The van der Waals surface area contributed by atoms with Crippen LogP contribution in [0.3, 0.4) is 0 Å². The number of aliphatic hydroxyl groups excluding tert-OH is 1. The van der Waals surface area contributed by atoms with Gasteiger partial charge in [-0.15, -0.1) is 0 Å². The normalized spacial score (nSPS) is 11.6. The highest BCUT2D eigenvalue weighted by Crippen LogP contribution is 2.24. The van der Waals surface area contributed by atoms with E-state index in [2.05, 4.69) is 10.6 Å². The number of benzene rings is 2. The standard InChI is InChI=1S/C17H19FN2O3/c1-23-16-8-7-13(18)10-15(16)20-17(22)19-11-14(21)9-12-5-3-2-4-6-12/h2-8,10,14,21H,9,11H2,1H3,(H2,19,20,22). The van der Waals surface area contributed by atoms with E-state index in [4.69, 9.17) is 4.74 Å². The van der Waals surface area contributed by atoms with Gasteiger partial charge in [0.2, 0.25) is 0 Å². The highest BCUT2D eigenvalue weighted by atomic mass is 19.1. The lowest BCUT2D eigenvalue weighted by Gasteiger charge is -2.14. The van der Waals surface area contributed by atoms with E-state index in [1.54, 1.807) is 0 Å². The van der Waals surface area contributed by atoms with Crippen molar-refractivity contribution in [2.45, 2.75) is 12.5 Å². The summed E-state index contributed by atoms with van der Waals surface area (Å²) in [6.45, 7) is 0.0817. The van der Waals surface area contributed by atoms with Crippen LogP contribution in [0.2, 0.25) is 0 Å². The van der Waals surface area contributed by atoms with Crippen molar-refractivity contribution in [2.75, 3.05) is 19.0 Å². The molecule has 1 atom stereocenters. The highest BCUT2D eigenvalue weighted by Gasteiger charge is 2.11. The van der Waals surface area contributed by atoms with E-state index in [9.17, 15) is 14.3 Å². The van der Waals surface area contributed by atoms with Gasteiger partial charge in [0, 0.05) is 19.0 Å². The van der Waals surface area contributed by atoms with Gasteiger partial charge in [0.1, 0.15) is 11.6 Å². The second-order valence-corrected chi connectivity index (χ2v) is 5.02. The third-order valence-corrected chi connectivity index (χ3v) is 3.22. The number of amides is 2. The van der Waals surface area contributed by atoms with Crippen molar-refractivity contribution in [2.24, 2.45) is 0 Å². The van der Waals surface area contributed by atoms with Crippen LogP contribution < -0.4 is 15.4 Å². The number of rotatable bonds is 6. The minimum absolute atomic E-state index is 0.0817.